The zero-order valence-electron chi connectivity index (χ0n) is 12.5. The Morgan fingerprint density at radius 3 is 2.67 bits per heavy atom. The third-order valence-corrected chi connectivity index (χ3v) is 3.83. The van der Waals surface area contributed by atoms with Crippen LogP contribution in [0.4, 0.5) is 0 Å². The fraction of sp³-hybridized carbons (Fsp3) is 0.562. The van der Waals surface area contributed by atoms with Gasteiger partial charge in [0.2, 0.25) is 5.91 Å². The predicted molar refractivity (Wildman–Crippen MR) is 86.6 cm³/mol. The van der Waals surface area contributed by atoms with Crippen molar-refractivity contribution in [2.75, 3.05) is 6.54 Å². The van der Waals surface area contributed by atoms with Crippen molar-refractivity contribution in [2.24, 2.45) is 5.73 Å². The van der Waals surface area contributed by atoms with Crippen LogP contribution in [0.15, 0.2) is 30.3 Å². The van der Waals surface area contributed by atoms with Gasteiger partial charge in [0.25, 0.3) is 0 Å². The molecule has 21 heavy (non-hydrogen) atoms. The molecule has 0 aliphatic carbocycles. The third kappa shape index (κ3) is 5.30. The highest BCUT2D eigenvalue weighted by Crippen LogP contribution is 2.19. The van der Waals surface area contributed by atoms with Crippen molar-refractivity contribution >= 4 is 18.3 Å². The van der Waals surface area contributed by atoms with Crippen molar-refractivity contribution in [1.82, 2.24) is 5.32 Å². The van der Waals surface area contributed by atoms with Crippen LogP contribution in [0.5, 0.6) is 0 Å². The summed E-state index contributed by atoms with van der Waals surface area (Å²) in [5.74, 6) is 0.00345. The molecule has 1 amide bonds. The van der Waals surface area contributed by atoms with E-state index in [1.165, 1.54) is 5.56 Å². The molecule has 0 bridgehead atoms. The lowest BCUT2D eigenvalue weighted by Gasteiger charge is -2.20. The molecule has 3 N–H and O–H groups in total. The Hall–Kier alpha value is -1.10. The van der Waals surface area contributed by atoms with Crippen LogP contribution in [0, 0.1) is 0 Å². The molecule has 1 aliphatic heterocycles. The van der Waals surface area contributed by atoms with E-state index in [2.05, 4.69) is 24.4 Å². The Labute approximate surface area is 132 Å². The van der Waals surface area contributed by atoms with Crippen molar-refractivity contribution < 1.29 is 9.53 Å². The first-order valence-electron chi connectivity index (χ1n) is 7.42. The van der Waals surface area contributed by atoms with Gasteiger partial charge in [-0.15, -0.1) is 12.4 Å². The number of ether oxygens (including phenoxy) is 1. The molecule has 1 fully saturated rings. The second-order valence-corrected chi connectivity index (χ2v) is 5.36. The van der Waals surface area contributed by atoms with Crippen molar-refractivity contribution in [3.8, 4) is 0 Å². The van der Waals surface area contributed by atoms with Crippen LogP contribution >= 0.6 is 12.4 Å². The first kappa shape index (κ1) is 18.0. The molecular formula is C16H25ClN2O2. The van der Waals surface area contributed by atoms with E-state index in [0.29, 0.717) is 6.54 Å². The lowest BCUT2D eigenvalue weighted by molar-refractivity contribution is -0.132. The highest BCUT2D eigenvalue weighted by atomic mass is 35.5. The largest absolute Gasteiger partial charge is 0.364 e. The van der Waals surface area contributed by atoms with Gasteiger partial charge in [0.05, 0.1) is 6.10 Å². The predicted octanol–water partition coefficient (Wildman–Crippen LogP) is 2.05. The molecule has 0 saturated carbocycles. The van der Waals surface area contributed by atoms with Gasteiger partial charge in [0.15, 0.2) is 0 Å². The van der Waals surface area contributed by atoms with Gasteiger partial charge in [0.1, 0.15) is 6.10 Å². The number of halogens is 1. The molecule has 0 radical (unpaired) electrons. The summed E-state index contributed by atoms with van der Waals surface area (Å²) >= 11 is 0. The Morgan fingerprint density at radius 1 is 1.38 bits per heavy atom. The molecule has 1 aromatic rings. The van der Waals surface area contributed by atoms with E-state index in [1.54, 1.807) is 0 Å². The maximum Gasteiger partial charge on any atom is 0.249 e. The lowest BCUT2D eigenvalue weighted by atomic mass is 10.0. The van der Waals surface area contributed by atoms with Gasteiger partial charge in [-0.2, -0.15) is 0 Å². The van der Waals surface area contributed by atoms with Crippen molar-refractivity contribution in [2.45, 2.75) is 50.9 Å². The molecule has 0 spiro atoms. The fourth-order valence-corrected chi connectivity index (χ4v) is 2.56. The van der Waals surface area contributed by atoms with E-state index in [4.69, 9.17) is 10.5 Å². The maximum atomic E-state index is 12.2. The highest BCUT2D eigenvalue weighted by molar-refractivity contribution is 5.85. The normalized spacial score (nSPS) is 22.4. The van der Waals surface area contributed by atoms with Crippen LogP contribution in [0.25, 0.3) is 0 Å². The van der Waals surface area contributed by atoms with Gasteiger partial charge in [-0.3, -0.25) is 4.79 Å². The number of benzene rings is 1. The number of carbonyl (C=O) groups excluding carboxylic acids is 1. The minimum atomic E-state index is -0.326. The summed E-state index contributed by atoms with van der Waals surface area (Å²) in [4.78, 5) is 12.2. The summed E-state index contributed by atoms with van der Waals surface area (Å²) in [6.07, 6.45) is 3.14. The monoisotopic (exact) mass is 312 g/mol. The Bertz CT molecular complexity index is 428. The van der Waals surface area contributed by atoms with Gasteiger partial charge in [0, 0.05) is 12.6 Å². The molecule has 1 saturated heterocycles. The molecular weight excluding hydrogens is 288 g/mol. The van der Waals surface area contributed by atoms with Gasteiger partial charge in [-0.25, -0.2) is 0 Å². The van der Waals surface area contributed by atoms with Crippen molar-refractivity contribution in [3.63, 3.8) is 0 Å². The van der Waals surface area contributed by atoms with Gasteiger partial charge in [-0.1, -0.05) is 37.3 Å². The standard InChI is InChI=1S/C16H24N2O2.ClH/c1-2-13(10-12-6-4-3-5-7-12)18-16(19)15-9-8-14(11-17)20-15;/h3-7,13-15H,2,8-11,17H2,1H3,(H,18,19);1H/t13?,14-,15+;/m1./s1. The van der Waals surface area contributed by atoms with E-state index < -0.39 is 0 Å². The van der Waals surface area contributed by atoms with E-state index >= 15 is 0 Å². The molecule has 2 rings (SSSR count). The molecule has 118 valence electrons. The van der Waals surface area contributed by atoms with Crippen LogP contribution in [0.1, 0.15) is 31.7 Å². The minimum Gasteiger partial charge on any atom is -0.364 e. The average Bonchev–Trinajstić information content (AvgIpc) is 2.96. The Kier molecular flexibility index (Phi) is 7.72. The molecule has 1 unspecified atom stereocenters. The highest BCUT2D eigenvalue weighted by Gasteiger charge is 2.30. The summed E-state index contributed by atoms with van der Waals surface area (Å²) < 4.78 is 5.63. The summed E-state index contributed by atoms with van der Waals surface area (Å²) in [6, 6.07) is 10.4. The number of nitrogens with two attached hydrogens (primary N) is 1. The van der Waals surface area contributed by atoms with E-state index in [0.717, 1.165) is 25.7 Å². The maximum absolute atomic E-state index is 12.2. The second kappa shape index (κ2) is 9.03. The van der Waals surface area contributed by atoms with E-state index in [9.17, 15) is 4.79 Å². The summed E-state index contributed by atoms with van der Waals surface area (Å²) in [5, 5.41) is 3.10. The summed E-state index contributed by atoms with van der Waals surface area (Å²) in [7, 11) is 0. The van der Waals surface area contributed by atoms with Gasteiger partial charge < -0.3 is 15.8 Å². The van der Waals surface area contributed by atoms with E-state index in [1.807, 2.05) is 18.2 Å². The molecule has 3 atom stereocenters. The first-order chi connectivity index (χ1) is 9.72. The van der Waals surface area contributed by atoms with Crippen LogP contribution < -0.4 is 11.1 Å². The summed E-state index contributed by atoms with van der Waals surface area (Å²) in [6.45, 7) is 2.58. The molecule has 4 nitrogen and oxygen atoms in total. The number of carbonyl (C=O) groups is 1. The molecule has 5 heteroatoms. The van der Waals surface area contributed by atoms with Crippen LogP contribution in [0.2, 0.25) is 0 Å². The fourth-order valence-electron chi connectivity index (χ4n) is 2.56. The van der Waals surface area contributed by atoms with Gasteiger partial charge in [-0.05, 0) is 31.2 Å². The second-order valence-electron chi connectivity index (χ2n) is 5.36. The molecule has 0 aromatic heterocycles. The topological polar surface area (TPSA) is 64.4 Å². The summed E-state index contributed by atoms with van der Waals surface area (Å²) in [5.41, 5.74) is 6.81. The third-order valence-electron chi connectivity index (χ3n) is 3.83. The van der Waals surface area contributed by atoms with Gasteiger partial charge >= 0.3 is 0 Å². The smallest absolute Gasteiger partial charge is 0.249 e. The molecule has 1 aromatic carbocycles. The lowest BCUT2D eigenvalue weighted by Crippen LogP contribution is -2.42. The minimum absolute atomic E-state index is 0. The number of amides is 1. The zero-order valence-corrected chi connectivity index (χ0v) is 13.3. The Morgan fingerprint density at radius 2 is 2.10 bits per heavy atom. The molecule has 1 aliphatic rings. The van der Waals surface area contributed by atoms with Crippen LogP contribution in [-0.2, 0) is 16.0 Å². The number of nitrogens with one attached hydrogen (secondary N) is 1. The van der Waals surface area contributed by atoms with Crippen molar-refractivity contribution in [1.29, 1.82) is 0 Å². The Balaban J connectivity index is 0.00000220. The van der Waals surface area contributed by atoms with E-state index in [-0.39, 0.29) is 36.6 Å². The zero-order chi connectivity index (χ0) is 14.4. The van der Waals surface area contributed by atoms with Crippen LogP contribution in [-0.4, -0.2) is 30.7 Å². The SMILES string of the molecule is CCC(Cc1ccccc1)NC(=O)[C@@H]1CC[C@H](CN)O1.Cl. The average molecular weight is 313 g/mol. The quantitative estimate of drug-likeness (QED) is 0.845. The van der Waals surface area contributed by atoms with Crippen LogP contribution in [0.3, 0.4) is 0 Å². The first-order valence-corrected chi connectivity index (χ1v) is 7.42. The molecule has 1 heterocycles. The number of hydrogen-bond donors (Lipinski definition) is 2. The number of hydrogen-bond acceptors (Lipinski definition) is 3. The van der Waals surface area contributed by atoms with Crippen molar-refractivity contribution in [3.05, 3.63) is 35.9 Å². The number of rotatable bonds is 6.